The molecule has 1 saturated heterocycles. The average molecular weight is 264 g/mol. The van der Waals surface area contributed by atoms with Gasteiger partial charge in [0, 0.05) is 10.9 Å². The molecule has 0 radical (unpaired) electrons. The molecule has 18 heavy (non-hydrogen) atoms. The molecule has 3 heteroatoms. The van der Waals surface area contributed by atoms with Crippen LogP contribution in [0.15, 0.2) is 29.2 Å². The Kier molecular flexibility index (Phi) is 5.10. The highest BCUT2D eigenvalue weighted by Crippen LogP contribution is 2.29. The predicted octanol–water partition coefficient (Wildman–Crippen LogP) is 3.01. The third kappa shape index (κ3) is 3.50. The Bertz CT molecular complexity index is 355. The Morgan fingerprint density at radius 2 is 2.06 bits per heavy atom. The quantitative estimate of drug-likeness (QED) is 0.823. The van der Waals surface area contributed by atoms with Gasteiger partial charge < -0.3 is 10.2 Å². The molecule has 1 aliphatic rings. The highest BCUT2D eigenvalue weighted by molar-refractivity contribution is 7.98. The first kappa shape index (κ1) is 13.9. The zero-order valence-corrected chi connectivity index (χ0v) is 12.5. The molecule has 1 heterocycles. The first-order valence-corrected chi connectivity index (χ1v) is 7.94. The fourth-order valence-electron chi connectivity index (χ4n) is 2.70. The zero-order valence-electron chi connectivity index (χ0n) is 11.6. The van der Waals surface area contributed by atoms with Crippen LogP contribution in [0.25, 0.3) is 0 Å². The number of nitrogens with one attached hydrogen (secondary N) is 1. The molecule has 1 aromatic carbocycles. The van der Waals surface area contributed by atoms with E-state index in [0.717, 1.165) is 5.92 Å². The zero-order chi connectivity index (χ0) is 13.0. The van der Waals surface area contributed by atoms with Crippen molar-refractivity contribution < 1.29 is 0 Å². The summed E-state index contributed by atoms with van der Waals surface area (Å²) in [4.78, 5) is 3.70. The highest BCUT2D eigenvalue weighted by atomic mass is 32.2. The molecule has 1 fully saturated rings. The summed E-state index contributed by atoms with van der Waals surface area (Å²) < 4.78 is 0. The van der Waals surface area contributed by atoms with Gasteiger partial charge in [0.15, 0.2) is 0 Å². The fourth-order valence-corrected chi connectivity index (χ4v) is 3.11. The molecule has 0 aromatic heterocycles. The van der Waals surface area contributed by atoms with Crippen molar-refractivity contribution in [3.63, 3.8) is 0 Å². The van der Waals surface area contributed by atoms with E-state index in [2.05, 4.69) is 54.8 Å². The van der Waals surface area contributed by atoms with Crippen LogP contribution in [0.2, 0.25) is 0 Å². The van der Waals surface area contributed by atoms with E-state index in [4.69, 9.17) is 0 Å². The van der Waals surface area contributed by atoms with E-state index in [9.17, 15) is 0 Å². The van der Waals surface area contributed by atoms with Gasteiger partial charge in [-0.15, -0.1) is 11.8 Å². The van der Waals surface area contributed by atoms with Gasteiger partial charge in [0.05, 0.1) is 0 Å². The maximum Gasteiger partial charge on any atom is 0.0345 e. The van der Waals surface area contributed by atoms with Crippen LogP contribution in [0.5, 0.6) is 0 Å². The second kappa shape index (κ2) is 6.60. The minimum atomic E-state index is 0.547. The molecular weight excluding hydrogens is 240 g/mol. The fraction of sp³-hybridized carbons (Fsp3) is 0.600. The largest absolute Gasteiger partial charge is 0.316 e. The van der Waals surface area contributed by atoms with Gasteiger partial charge in [-0.2, -0.15) is 0 Å². The summed E-state index contributed by atoms with van der Waals surface area (Å²) in [7, 11) is 4.38. The SMILES string of the molecule is CSc1ccc(C(CC2CCNC2)N(C)C)cc1. The average Bonchev–Trinajstić information content (AvgIpc) is 2.89. The molecule has 0 spiro atoms. The van der Waals surface area contributed by atoms with Crippen molar-refractivity contribution in [1.82, 2.24) is 10.2 Å². The summed E-state index contributed by atoms with van der Waals surface area (Å²) >= 11 is 1.81. The van der Waals surface area contributed by atoms with Gasteiger partial charge in [0.25, 0.3) is 0 Å². The lowest BCUT2D eigenvalue weighted by Crippen LogP contribution is -2.23. The molecule has 2 nitrogen and oxygen atoms in total. The van der Waals surface area contributed by atoms with Crippen molar-refractivity contribution in [3.8, 4) is 0 Å². The van der Waals surface area contributed by atoms with Gasteiger partial charge in [-0.3, -0.25) is 0 Å². The second-order valence-corrected chi connectivity index (χ2v) is 6.23. The highest BCUT2D eigenvalue weighted by Gasteiger charge is 2.22. The molecule has 0 aliphatic carbocycles. The number of thioether (sulfide) groups is 1. The van der Waals surface area contributed by atoms with Crippen molar-refractivity contribution in [1.29, 1.82) is 0 Å². The lowest BCUT2D eigenvalue weighted by atomic mass is 9.93. The van der Waals surface area contributed by atoms with Gasteiger partial charge >= 0.3 is 0 Å². The summed E-state index contributed by atoms with van der Waals surface area (Å²) in [6, 6.07) is 9.61. The van der Waals surface area contributed by atoms with E-state index in [-0.39, 0.29) is 0 Å². The van der Waals surface area contributed by atoms with Crippen molar-refractivity contribution in [2.24, 2.45) is 5.92 Å². The normalized spacial score (nSPS) is 21.4. The van der Waals surface area contributed by atoms with E-state index >= 15 is 0 Å². The van der Waals surface area contributed by atoms with E-state index in [1.54, 1.807) is 11.8 Å². The third-order valence-corrected chi connectivity index (χ3v) is 4.59. The number of hydrogen-bond donors (Lipinski definition) is 1. The standard InChI is InChI=1S/C15H24N2S/c1-17(2)15(10-12-8-9-16-11-12)13-4-6-14(18-3)7-5-13/h4-7,12,15-16H,8-11H2,1-3H3. The number of nitrogens with zero attached hydrogens (tertiary/aromatic N) is 1. The van der Waals surface area contributed by atoms with Crippen LogP contribution in [0.4, 0.5) is 0 Å². The van der Waals surface area contributed by atoms with Gasteiger partial charge in [0.2, 0.25) is 0 Å². The monoisotopic (exact) mass is 264 g/mol. The Labute approximate surface area is 115 Å². The minimum Gasteiger partial charge on any atom is -0.316 e. The van der Waals surface area contributed by atoms with E-state index in [0.29, 0.717) is 6.04 Å². The van der Waals surface area contributed by atoms with Crippen LogP contribution in [0.3, 0.4) is 0 Å². The van der Waals surface area contributed by atoms with Crippen molar-refractivity contribution in [2.75, 3.05) is 33.4 Å². The lowest BCUT2D eigenvalue weighted by Gasteiger charge is -2.27. The molecular formula is C15H24N2S. The molecule has 0 amide bonds. The smallest absolute Gasteiger partial charge is 0.0345 e. The van der Waals surface area contributed by atoms with Crippen LogP contribution < -0.4 is 5.32 Å². The summed E-state index contributed by atoms with van der Waals surface area (Å²) in [5, 5.41) is 3.46. The van der Waals surface area contributed by atoms with E-state index < -0.39 is 0 Å². The van der Waals surface area contributed by atoms with Gasteiger partial charge in [-0.1, -0.05) is 12.1 Å². The minimum absolute atomic E-state index is 0.547. The van der Waals surface area contributed by atoms with Crippen molar-refractivity contribution >= 4 is 11.8 Å². The molecule has 1 aromatic rings. The van der Waals surface area contributed by atoms with Gasteiger partial charge in [-0.05, 0) is 69.9 Å². The second-order valence-electron chi connectivity index (χ2n) is 5.35. The summed E-state index contributed by atoms with van der Waals surface area (Å²) in [6.07, 6.45) is 4.72. The maximum absolute atomic E-state index is 3.46. The van der Waals surface area contributed by atoms with E-state index in [1.807, 2.05) is 0 Å². The number of benzene rings is 1. The maximum atomic E-state index is 3.46. The van der Waals surface area contributed by atoms with Gasteiger partial charge in [-0.25, -0.2) is 0 Å². The molecule has 2 unspecified atom stereocenters. The van der Waals surface area contributed by atoms with Crippen LogP contribution in [0, 0.1) is 5.92 Å². The van der Waals surface area contributed by atoms with Crippen molar-refractivity contribution in [2.45, 2.75) is 23.8 Å². The third-order valence-electron chi connectivity index (χ3n) is 3.84. The molecule has 100 valence electrons. The van der Waals surface area contributed by atoms with Crippen LogP contribution in [-0.2, 0) is 0 Å². The topological polar surface area (TPSA) is 15.3 Å². The predicted molar refractivity (Wildman–Crippen MR) is 80.2 cm³/mol. The molecule has 0 bridgehead atoms. The molecule has 2 atom stereocenters. The summed E-state index contributed by atoms with van der Waals surface area (Å²) in [5.41, 5.74) is 1.45. The van der Waals surface area contributed by atoms with Crippen LogP contribution in [0.1, 0.15) is 24.4 Å². The Hall–Kier alpha value is -0.510. The van der Waals surface area contributed by atoms with Crippen molar-refractivity contribution in [3.05, 3.63) is 29.8 Å². The molecule has 1 N–H and O–H groups in total. The Balaban J connectivity index is 2.07. The van der Waals surface area contributed by atoms with Gasteiger partial charge in [0.1, 0.15) is 0 Å². The van der Waals surface area contributed by atoms with Crippen LogP contribution >= 0.6 is 11.8 Å². The molecule has 0 saturated carbocycles. The van der Waals surface area contributed by atoms with E-state index in [1.165, 1.54) is 36.4 Å². The Morgan fingerprint density at radius 3 is 2.56 bits per heavy atom. The molecule has 1 aliphatic heterocycles. The lowest BCUT2D eigenvalue weighted by molar-refractivity contribution is 0.253. The summed E-state index contributed by atoms with van der Waals surface area (Å²) in [5.74, 6) is 0.831. The first-order valence-electron chi connectivity index (χ1n) is 6.72. The first-order chi connectivity index (χ1) is 8.70. The molecule has 2 rings (SSSR count). The number of hydrogen-bond acceptors (Lipinski definition) is 3. The summed E-state index contributed by atoms with van der Waals surface area (Å²) in [6.45, 7) is 2.38. The Morgan fingerprint density at radius 1 is 1.33 bits per heavy atom. The number of rotatable bonds is 5. The van der Waals surface area contributed by atoms with Crippen LogP contribution in [-0.4, -0.2) is 38.3 Å².